The average molecular weight is 257 g/mol. The van der Waals surface area contributed by atoms with E-state index in [1.807, 2.05) is 19.1 Å². The minimum absolute atomic E-state index is 0.196. The molecule has 4 heteroatoms. The second kappa shape index (κ2) is 5.83. The SMILES string of the molecule is Cc1cccnc1NC(=O)C1(C#N)CCCCCC1. The minimum atomic E-state index is -0.875. The maximum Gasteiger partial charge on any atom is 0.246 e. The molecule has 0 atom stereocenters. The second-order valence-electron chi connectivity index (χ2n) is 5.23. The van der Waals surface area contributed by atoms with Gasteiger partial charge in [0.2, 0.25) is 5.91 Å². The summed E-state index contributed by atoms with van der Waals surface area (Å²) in [6.07, 6.45) is 7.07. The van der Waals surface area contributed by atoms with Gasteiger partial charge in [-0.25, -0.2) is 4.98 Å². The van der Waals surface area contributed by atoms with Gasteiger partial charge >= 0.3 is 0 Å². The normalized spacial score (nSPS) is 18.1. The summed E-state index contributed by atoms with van der Waals surface area (Å²) < 4.78 is 0. The number of rotatable bonds is 2. The van der Waals surface area contributed by atoms with Crippen molar-refractivity contribution in [2.24, 2.45) is 5.41 Å². The zero-order valence-corrected chi connectivity index (χ0v) is 11.3. The molecule has 2 rings (SSSR count). The number of anilines is 1. The van der Waals surface area contributed by atoms with Crippen molar-refractivity contribution in [1.29, 1.82) is 5.26 Å². The number of hydrogen-bond donors (Lipinski definition) is 1. The van der Waals surface area contributed by atoms with E-state index in [1.54, 1.807) is 6.20 Å². The van der Waals surface area contributed by atoms with Crippen LogP contribution in [-0.4, -0.2) is 10.9 Å². The number of aromatic nitrogens is 1. The predicted molar refractivity (Wildman–Crippen MR) is 73.4 cm³/mol. The number of carbonyl (C=O) groups is 1. The van der Waals surface area contributed by atoms with E-state index in [2.05, 4.69) is 16.4 Å². The van der Waals surface area contributed by atoms with Crippen molar-refractivity contribution in [3.63, 3.8) is 0 Å². The van der Waals surface area contributed by atoms with E-state index in [4.69, 9.17) is 0 Å². The van der Waals surface area contributed by atoms with Crippen LogP contribution >= 0.6 is 0 Å². The summed E-state index contributed by atoms with van der Waals surface area (Å²) in [5.41, 5.74) is 0.0399. The van der Waals surface area contributed by atoms with Gasteiger partial charge in [0.15, 0.2) is 0 Å². The van der Waals surface area contributed by atoms with Gasteiger partial charge in [-0.1, -0.05) is 31.7 Å². The number of nitriles is 1. The van der Waals surface area contributed by atoms with E-state index in [-0.39, 0.29) is 5.91 Å². The van der Waals surface area contributed by atoms with Crippen LogP contribution in [0.4, 0.5) is 5.82 Å². The van der Waals surface area contributed by atoms with Gasteiger partial charge < -0.3 is 5.32 Å². The Labute approximate surface area is 113 Å². The Kier molecular flexibility index (Phi) is 4.16. The van der Waals surface area contributed by atoms with Gasteiger partial charge in [-0.3, -0.25) is 4.79 Å². The highest BCUT2D eigenvalue weighted by Gasteiger charge is 2.39. The molecule has 0 saturated heterocycles. The van der Waals surface area contributed by atoms with Crippen LogP contribution in [0.5, 0.6) is 0 Å². The van der Waals surface area contributed by atoms with Crippen molar-refractivity contribution in [1.82, 2.24) is 4.98 Å². The van der Waals surface area contributed by atoms with E-state index in [9.17, 15) is 10.1 Å². The molecule has 100 valence electrons. The zero-order chi connectivity index (χ0) is 13.7. The van der Waals surface area contributed by atoms with Crippen LogP contribution in [0, 0.1) is 23.7 Å². The Morgan fingerprint density at radius 1 is 1.37 bits per heavy atom. The highest BCUT2D eigenvalue weighted by molar-refractivity contribution is 5.97. The Morgan fingerprint density at radius 2 is 2.05 bits per heavy atom. The fraction of sp³-hybridized carbons (Fsp3) is 0.533. The van der Waals surface area contributed by atoms with Crippen molar-refractivity contribution in [2.45, 2.75) is 45.4 Å². The highest BCUT2D eigenvalue weighted by Crippen LogP contribution is 2.35. The molecule has 1 N–H and O–H groups in total. The van der Waals surface area contributed by atoms with Gasteiger partial charge in [-0.05, 0) is 31.4 Å². The van der Waals surface area contributed by atoms with Gasteiger partial charge in [0.1, 0.15) is 11.2 Å². The minimum Gasteiger partial charge on any atom is -0.309 e. The lowest BCUT2D eigenvalue weighted by Crippen LogP contribution is -2.35. The molecule has 0 spiro atoms. The fourth-order valence-electron chi connectivity index (χ4n) is 2.57. The number of amides is 1. The number of nitrogens with one attached hydrogen (secondary N) is 1. The van der Waals surface area contributed by atoms with Crippen LogP contribution < -0.4 is 5.32 Å². The third-order valence-electron chi connectivity index (χ3n) is 3.85. The van der Waals surface area contributed by atoms with Crippen molar-refractivity contribution in [3.8, 4) is 6.07 Å². The summed E-state index contributed by atoms with van der Waals surface area (Å²) in [7, 11) is 0. The summed E-state index contributed by atoms with van der Waals surface area (Å²) in [5.74, 6) is 0.366. The third kappa shape index (κ3) is 2.93. The zero-order valence-electron chi connectivity index (χ0n) is 11.3. The average Bonchev–Trinajstić information content (AvgIpc) is 2.67. The molecule has 4 nitrogen and oxygen atoms in total. The van der Waals surface area contributed by atoms with E-state index < -0.39 is 5.41 Å². The molecule has 0 bridgehead atoms. The molecule has 1 saturated carbocycles. The van der Waals surface area contributed by atoms with Gasteiger partial charge in [-0.2, -0.15) is 5.26 Å². The molecule has 1 fully saturated rings. The van der Waals surface area contributed by atoms with Crippen molar-refractivity contribution >= 4 is 11.7 Å². The molecule has 1 aromatic heterocycles. The molecule has 1 aliphatic rings. The largest absolute Gasteiger partial charge is 0.309 e. The first kappa shape index (κ1) is 13.5. The maximum atomic E-state index is 12.5. The Balaban J connectivity index is 2.17. The van der Waals surface area contributed by atoms with Crippen LogP contribution in [0.15, 0.2) is 18.3 Å². The van der Waals surface area contributed by atoms with Crippen LogP contribution in [-0.2, 0) is 4.79 Å². The van der Waals surface area contributed by atoms with Gasteiger partial charge in [0, 0.05) is 6.20 Å². The smallest absolute Gasteiger partial charge is 0.246 e. The van der Waals surface area contributed by atoms with Gasteiger partial charge in [0.05, 0.1) is 6.07 Å². The molecule has 0 radical (unpaired) electrons. The van der Waals surface area contributed by atoms with Crippen LogP contribution in [0.2, 0.25) is 0 Å². The molecule has 1 aliphatic carbocycles. The van der Waals surface area contributed by atoms with Crippen LogP contribution in [0.1, 0.15) is 44.1 Å². The van der Waals surface area contributed by atoms with Crippen molar-refractivity contribution in [3.05, 3.63) is 23.9 Å². The summed E-state index contributed by atoms with van der Waals surface area (Å²) in [6, 6.07) is 5.98. The van der Waals surface area contributed by atoms with Crippen LogP contribution in [0.25, 0.3) is 0 Å². The Hall–Kier alpha value is -1.89. The van der Waals surface area contributed by atoms with E-state index in [0.717, 1.165) is 31.2 Å². The number of nitrogens with zero attached hydrogens (tertiary/aromatic N) is 2. The number of pyridine rings is 1. The molecule has 1 heterocycles. The number of carbonyl (C=O) groups excluding carboxylic acids is 1. The molecule has 1 aromatic rings. The van der Waals surface area contributed by atoms with E-state index in [0.29, 0.717) is 18.7 Å². The van der Waals surface area contributed by atoms with Gasteiger partial charge in [0.25, 0.3) is 0 Å². The summed E-state index contributed by atoms with van der Waals surface area (Å²) in [5, 5.41) is 12.3. The van der Waals surface area contributed by atoms with Crippen molar-refractivity contribution < 1.29 is 4.79 Å². The Bertz CT molecular complexity index is 496. The van der Waals surface area contributed by atoms with E-state index >= 15 is 0 Å². The molecule has 0 aromatic carbocycles. The van der Waals surface area contributed by atoms with Crippen molar-refractivity contribution in [2.75, 3.05) is 5.32 Å². The topological polar surface area (TPSA) is 65.8 Å². The first-order chi connectivity index (χ1) is 9.18. The molecule has 0 aliphatic heterocycles. The lowest BCUT2D eigenvalue weighted by atomic mass is 9.81. The first-order valence-corrected chi connectivity index (χ1v) is 6.82. The van der Waals surface area contributed by atoms with Crippen LogP contribution in [0.3, 0.4) is 0 Å². The predicted octanol–water partition coefficient (Wildman–Crippen LogP) is 3.19. The standard InChI is InChI=1S/C15H19N3O/c1-12-7-6-10-17-13(12)18-14(19)15(11-16)8-4-2-3-5-9-15/h6-7,10H,2-5,8-9H2,1H3,(H,17,18,19). The highest BCUT2D eigenvalue weighted by atomic mass is 16.2. The number of aryl methyl sites for hydroxylation is 1. The second-order valence-corrected chi connectivity index (χ2v) is 5.23. The molecular weight excluding hydrogens is 238 g/mol. The summed E-state index contributed by atoms with van der Waals surface area (Å²) >= 11 is 0. The van der Waals surface area contributed by atoms with E-state index in [1.165, 1.54) is 0 Å². The third-order valence-corrected chi connectivity index (χ3v) is 3.85. The molecule has 19 heavy (non-hydrogen) atoms. The molecule has 0 unspecified atom stereocenters. The lowest BCUT2D eigenvalue weighted by molar-refractivity contribution is -0.123. The quantitative estimate of drug-likeness (QED) is 0.827. The summed E-state index contributed by atoms with van der Waals surface area (Å²) in [6.45, 7) is 1.90. The lowest BCUT2D eigenvalue weighted by Gasteiger charge is -2.23. The first-order valence-electron chi connectivity index (χ1n) is 6.82. The fourth-order valence-corrected chi connectivity index (χ4v) is 2.57. The monoisotopic (exact) mass is 257 g/mol. The van der Waals surface area contributed by atoms with Gasteiger partial charge in [-0.15, -0.1) is 0 Å². The molecule has 1 amide bonds. The molecular formula is C15H19N3O. The summed E-state index contributed by atoms with van der Waals surface area (Å²) in [4.78, 5) is 16.6. The maximum absolute atomic E-state index is 12.5. The Morgan fingerprint density at radius 3 is 2.63 bits per heavy atom. The number of hydrogen-bond acceptors (Lipinski definition) is 3.